The Bertz CT molecular complexity index is 561. The highest BCUT2D eigenvalue weighted by Crippen LogP contribution is 2.05. The van der Waals surface area contributed by atoms with Crippen LogP contribution in [-0.4, -0.2) is 46.9 Å². The lowest BCUT2D eigenvalue weighted by atomic mass is 10.0. The van der Waals surface area contributed by atoms with Crippen molar-refractivity contribution in [3.8, 4) is 0 Å². The lowest BCUT2D eigenvalue weighted by molar-refractivity contribution is -0.143. The molecule has 0 aliphatic carbocycles. The number of ether oxygens (including phenoxy) is 1. The molecule has 2 amide bonds. The van der Waals surface area contributed by atoms with Gasteiger partial charge in [-0.2, -0.15) is 0 Å². The van der Waals surface area contributed by atoms with Crippen molar-refractivity contribution in [2.24, 2.45) is 5.92 Å². The average molecular weight is 338 g/mol. The number of rotatable bonds is 8. The number of benzene rings is 1. The number of carboxylic acid groups (broad SMARTS) is 1. The number of aliphatic hydroxyl groups excluding tert-OH is 1. The van der Waals surface area contributed by atoms with Gasteiger partial charge in [-0.25, -0.2) is 9.59 Å². The Hall–Kier alpha value is -2.61. The van der Waals surface area contributed by atoms with Crippen LogP contribution >= 0.6 is 0 Å². The Morgan fingerprint density at radius 3 is 2.25 bits per heavy atom. The van der Waals surface area contributed by atoms with Gasteiger partial charge in [0, 0.05) is 0 Å². The number of aliphatic carboxylic acids is 1. The van der Waals surface area contributed by atoms with E-state index < -0.39 is 36.7 Å². The summed E-state index contributed by atoms with van der Waals surface area (Å²) in [7, 11) is 0. The molecule has 0 unspecified atom stereocenters. The molecule has 0 radical (unpaired) electrons. The summed E-state index contributed by atoms with van der Waals surface area (Å²) in [5, 5.41) is 22.4. The van der Waals surface area contributed by atoms with Gasteiger partial charge in [0.15, 0.2) is 0 Å². The number of carbonyl (C=O) groups excluding carboxylic acids is 2. The summed E-state index contributed by atoms with van der Waals surface area (Å²) in [6, 6.07) is 6.62. The third-order valence-corrected chi connectivity index (χ3v) is 3.23. The van der Waals surface area contributed by atoms with Gasteiger partial charge in [-0.3, -0.25) is 4.79 Å². The number of nitrogens with one attached hydrogen (secondary N) is 2. The van der Waals surface area contributed by atoms with Gasteiger partial charge in [0.05, 0.1) is 6.61 Å². The quantitative estimate of drug-likeness (QED) is 0.547. The van der Waals surface area contributed by atoms with E-state index in [0.29, 0.717) is 0 Å². The number of carboxylic acids is 1. The topological polar surface area (TPSA) is 125 Å². The summed E-state index contributed by atoms with van der Waals surface area (Å²) in [5.74, 6) is -2.37. The van der Waals surface area contributed by atoms with Crippen molar-refractivity contribution in [2.45, 2.75) is 32.5 Å². The molecule has 4 N–H and O–H groups in total. The number of hydrogen-bond donors (Lipinski definition) is 4. The molecule has 0 spiro atoms. The Labute approximate surface area is 139 Å². The first-order chi connectivity index (χ1) is 11.3. The average Bonchev–Trinajstić information content (AvgIpc) is 2.55. The van der Waals surface area contributed by atoms with Crippen LogP contribution in [0.5, 0.6) is 0 Å². The number of carbonyl (C=O) groups is 3. The van der Waals surface area contributed by atoms with Gasteiger partial charge < -0.3 is 25.6 Å². The summed E-state index contributed by atoms with van der Waals surface area (Å²) in [6.07, 6.45) is -0.788. The summed E-state index contributed by atoms with van der Waals surface area (Å²) in [5.41, 5.74) is 0.796. The van der Waals surface area contributed by atoms with Crippen molar-refractivity contribution in [3.05, 3.63) is 35.9 Å². The van der Waals surface area contributed by atoms with Gasteiger partial charge in [0.2, 0.25) is 5.91 Å². The first-order valence-corrected chi connectivity index (χ1v) is 7.46. The van der Waals surface area contributed by atoms with Crippen LogP contribution in [0.2, 0.25) is 0 Å². The van der Waals surface area contributed by atoms with E-state index in [1.165, 1.54) is 0 Å². The molecule has 8 nitrogen and oxygen atoms in total. The molecule has 0 saturated heterocycles. The molecule has 1 aromatic rings. The molecule has 0 aromatic heterocycles. The third kappa shape index (κ3) is 6.25. The van der Waals surface area contributed by atoms with E-state index in [-0.39, 0.29) is 12.5 Å². The van der Waals surface area contributed by atoms with Gasteiger partial charge >= 0.3 is 12.1 Å². The molecular weight excluding hydrogens is 316 g/mol. The van der Waals surface area contributed by atoms with Crippen molar-refractivity contribution < 1.29 is 29.3 Å². The van der Waals surface area contributed by atoms with E-state index in [2.05, 4.69) is 10.6 Å². The van der Waals surface area contributed by atoms with Gasteiger partial charge in [0.1, 0.15) is 18.7 Å². The van der Waals surface area contributed by atoms with E-state index in [9.17, 15) is 14.4 Å². The summed E-state index contributed by atoms with van der Waals surface area (Å²) in [4.78, 5) is 34.8. The van der Waals surface area contributed by atoms with E-state index in [0.717, 1.165) is 5.56 Å². The summed E-state index contributed by atoms with van der Waals surface area (Å²) < 4.78 is 5.04. The number of aliphatic hydroxyl groups is 1. The molecule has 0 bridgehead atoms. The van der Waals surface area contributed by atoms with Crippen LogP contribution in [0.3, 0.4) is 0 Å². The highest BCUT2D eigenvalue weighted by atomic mass is 16.5. The first-order valence-electron chi connectivity index (χ1n) is 7.46. The monoisotopic (exact) mass is 338 g/mol. The van der Waals surface area contributed by atoms with Crippen LogP contribution in [-0.2, 0) is 20.9 Å². The molecule has 24 heavy (non-hydrogen) atoms. The van der Waals surface area contributed by atoms with Crippen LogP contribution in [0.1, 0.15) is 19.4 Å². The Kier molecular flexibility index (Phi) is 7.70. The highest BCUT2D eigenvalue weighted by Gasteiger charge is 2.28. The minimum atomic E-state index is -1.43. The van der Waals surface area contributed by atoms with Crippen LogP contribution in [0, 0.1) is 5.92 Å². The van der Waals surface area contributed by atoms with E-state index >= 15 is 0 Å². The number of amides is 2. The molecular formula is C16H22N2O6. The maximum atomic E-state index is 12.1. The molecule has 0 aliphatic heterocycles. The zero-order valence-corrected chi connectivity index (χ0v) is 13.6. The molecule has 2 atom stereocenters. The lowest BCUT2D eigenvalue weighted by Gasteiger charge is -2.23. The van der Waals surface area contributed by atoms with Crippen molar-refractivity contribution in [1.82, 2.24) is 10.6 Å². The van der Waals surface area contributed by atoms with Crippen molar-refractivity contribution in [1.29, 1.82) is 0 Å². The molecule has 1 rings (SSSR count). The normalized spacial score (nSPS) is 13.0. The Balaban J connectivity index is 2.59. The van der Waals surface area contributed by atoms with Crippen molar-refractivity contribution >= 4 is 18.0 Å². The molecule has 0 heterocycles. The fraction of sp³-hybridized carbons (Fsp3) is 0.438. The number of alkyl carbamates (subject to hydrolysis) is 1. The largest absolute Gasteiger partial charge is 0.480 e. The maximum absolute atomic E-state index is 12.1. The highest BCUT2D eigenvalue weighted by molar-refractivity contribution is 5.89. The molecule has 0 saturated carbocycles. The van der Waals surface area contributed by atoms with Crippen LogP contribution in [0.15, 0.2) is 30.3 Å². The second-order valence-electron chi connectivity index (χ2n) is 5.51. The van der Waals surface area contributed by atoms with Crippen molar-refractivity contribution in [3.63, 3.8) is 0 Å². The molecule has 132 valence electrons. The Morgan fingerprint density at radius 2 is 1.75 bits per heavy atom. The molecule has 0 fully saturated rings. The van der Waals surface area contributed by atoms with Gasteiger partial charge in [0.25, 0.3) is 0 Å². The van der Waals surface area contributed by atoms with Crippen molar-refractivity contribution in [2.75, 3.05) is 6.61 Å². The standard InChI is InChI=1S/C16H22N2O6/c1-10(2)13(14(20)17-12(8-19)15(21)22)18-16(23)24-9-11-6-4-3-5-7-11/h3-7,10,12-13,19H,8-9H2,1-2H3,(H,17,20)(H,18,23)(H,21,22)/t12-,13+/m0/s1. The van der Waals surface area contributed by atoms with E-state index in [4.69, 9.17) is 14.9 Å². The van der Waals surface area contributed by atoms with Crippen LogP contribution < -0.4 is 10.6 Å². The lowest BCUT2D eigenvalue weighted by Crippen LogP contribution is -2.54. The smallest absolute Gasteiger partial charge is 0.408 e. The minimum absolute atomic E-state index is 0.0491. The van der Waals surface area contributed by atoms with Crippen LogP contribution in [0.4, 0.5) is 4.79 Å². The zero-order valence-electron chi connectivity index (χ0n) is 13.6. The summed E-state index contributed by atoms with van der Waals surface area (Å²) in [6.45, 7) is 2.69. The second kappa shape index (κ2) is 9.51. The maximum Gasteiger partial charge on any atom is 0.408 e. The Morgan fingerprint density at radius 1 is 1.12 bits per heavy atom. The SMILES string of the molecule is CC(C)[C@@H](NC(=O)OCc1ccccc1)C(=O)N[C@@H](CO)C(=O)O. The van der Waals surface area contributed by atoms with Gasteiger partial charge in [-0.05, 0) is 11.5 Å². The predicted molar refractivity (Wildman–Crippen MR) is 85.0 cm³/mol. The van der Waals surface area contributed by atoms with Gasteiger partial charge in [-0.15, -0.1) is 0 Å². The fourth-order valence-corrected chi connectivity index (χ4v) is 1.87. The molecule has 1 aromatic carbocycles. The minimum Gasteiger partial charge on any atom is -0.480 e. The van der Waals surface area contributed by atoms with E-state index in [1.54, 1.807) is 26.0 Å². The zero-order chi connectivity index (χ0) is 18.1. The molecule has 0 aliphatic rings. The summed E-state index contributed by atoms with van der Waals surface area (Å²) >= 11 is 0. The third-order valence-electron chi connectivity index (χ3n) is 3.23. The first kappa shape index (κ1) is 19.4. The second-order valence-corrected chi connectivity index (χ2v) is 5.51. The van der Waals surface area contributed by atoms with E-state index in [1.807, 2.05) is 18.2 Å². The number of hydrogen-bond acceptors (Lipinski definition) is 5. The van der Waals surface area contributed by atoms with Gasteiger partial charge in [-0.1, -0.05) is 44.2 Å². The molecule has 8 heteroatoms. The van der Waals surface area contributed by atoms with Crippen LogP contribution in [0.25, 0.3) is 0 Å². The fourth-order valence-electron chi connectivity index (χ4n) is 1.87. The predicted octanol–water partition coefficient (Wildman–Crippen LogP) is 0.499.